The number of benzene rings is 1. The largest absolute Gasteiger partial charge is 0.497 e. The van der Waals surface area contributed by atoms with Crippen LogP contribution in [0.25, 0.3) is 10.2 Å². The zero-order chi connectivity index (χ0) is 17.8. The average Bonchev–Trinajstić information content (AvgIpc) is 3.24. The third kappa shape index (κ3) is 3.80. The van der Waals surface area contributed by atoms with Gasteiger partial charge in [0.25, 0.3) is 5.91 Å². The molecule has 0 fully saturated rings. The standard InChI is InChI=1S/C17H20N4O2S2/c1-4-20-8-7-13(19-20)16(22)18-17-21(9-10-24-3)14-11-12(23-2)5-6-15(14)25-17/h5-8,11H,4,9-10H2,1-3H3. The molecule has 0 aliphatic rings. The third-order valence-corrected chi connectivity index (χ3v) is 5.44. The number of hydrogen-bond acceptors (Lipinski definition) is 5. The van der Waals surface area contributed by atoms with Crippen LogP contribution in [0, 0.1) is 0 Å². The summed E-state index contributed by atoms with van der Waals surface area (Å²) in [4.78, 5) is 17.5. The van der Waals surface area contributed by atoms with Gasteiger partial charge >= 0.3 is 0 Å². The molecule has 0 N–H and O–H groups in total. The van der Waals surface area contributed by atoms with Crippen molar-refractivity contribution >= 4 is 39.2 Å². The molecule has 1 amide bonds. The minimum atomic E-state index is -0.316. The summed E-state index contributed by atoms with van der Waals surface area (Å²) in [6.07, 6.45) is 3.86. The van der Waals surface area contributed by atoms with Crippen LogP contribution >= 0.6 is 23.1 Å². The molecule has 6 nitrogen and oxygen atoms in total. The first-order chi connectivity index (χ1) is 12.2. The molecule has 0 aliphatic heterocycles. The molecule has 8 heteroatoms. The number of aryl methyl sites for hydroxylation is 2. The van der Waals surface area contributed by atoms with E-state index >= 15 is 0 Å². The first-order valence-corrected chi connectivity index (χ1v) is 10.2. The fourth-order valence-electron chi connectivity index (χ4n) is 2.46. The smallest absolute Gasteiger partial charge is 0.300 e. The molecular formula is C17H20N4O2S2. The summed E-state index contributed by atoms with van der Waals surface area (Å²) in [5.74, 6) is 1.42. The zero-order valence-electron chi connectivity index (χ0n) is 14.4. The van der Waals surface area contributed by atoms with Gasteiger partial charge in [0, 0.05) is 31.1 Å². The lowest BCUT2D eigenvalue weighted by Crippen LogP contribution is -2.18. The van der Waals surface area contributed by atoms with Gasteiger partial charge < -0.3 is 9.30 Å². The fraction of sp³-hybridized carbons (Fsp3) is 0.353. The molecule has 0 atom stereocenters. The number of methoxy groups -OCH3 is 1. The van der Waals surface area contributed by atoms with Crippen LogP contribution in [0.2, 0.25) is 0 Å². The molecular weight excluding hydrogens is 356 g/mol. The fourth-order valence-corrected chi connectivity index (χ4v) is 3.86. The molecule has 132 valence electrons. The number of fused-ring (bicyclic) bond motifs is 1. The van der Waals surface area contributed by atoms with E-state index in [2.05, 4.69) is 20.9 Å². The number of ether oxygens (including phenoxy) is 1. The summed E-state index contributed by atoms with van der Waals surface area (Å²) in [5, 5.41) is 4.24. The van der Waals surface area contributed by atoms with Crippen molar-refractivity contribution in [2.24, 2.45) is 4.99 Å². The second-order valence-electron chi connectivity index (χ2n) is 5.34. The quantitative estimate of drug-likeness (QED) is 0.663. The van der Waals surface area contributed by atoms with Crippen LogP contribution in [0.4, 0.5) is 0 Å². The number of thioether (sulfide) groups is 1. The molecule has 0 saturated carbocycles. The summed E-state index contributed by atoms with van der Waals surface area (Å²) >= 11 is 3.26. The molecule has 0 radical (unpaired) electrons. The zero-order valence-corrected chi connectivity index (χ0v) is 16.1. The van der Waals surface area contributed by atoms with Crippen LogP contribution in [-0.2, 0) is 13.1 Å². The monoisotopic (exact) mass is 376 g/mol. The predicted octanol–water partition coefficient (Wildman–Crippen LogP) is 3.03. The van der Waals surface area contributed by atoms with Crippen LogP contribution in [0.5, 0.6) is 5.75 Å². The normalized spacial score (nSPS) is 12.0. The molecule has 0 aliphatic carbocycles. The Labute approximate surface area is 154 Å². The van der Waals surface area contributed by atoms with Crippen molar-refractivity contribution in [1.82, 2.24) is 14.3 Å². The third-order valence-electron chi connectivity index (χ3n) is 3.79. The highest BCUT2D eigenvalue weighted by molar-refractivity contribution is 7.98. The van der Waals surface area contributed by atoms with E-state index in [-0.39, 0.29) is 5.91 Å². The molecule has 25 heavy (non-hydrogen) atoms. The lowest BCUT2D eigenvalue weighted by molar-refractivity contribution is 0.0992. The Balaban J connectivity index is 2.08. The van der Waals surface area contributed by atoms with Gasteiger partial charge in [-0.05, 0) is 31.4 Å². The number of amides is 1. The maximum Gasteiger partial charge on any atom is 0.300 e. The van der Waals surface area contributed by atoms with E-state index in [0.717, 1.165) is 34.8 Å². The van der Waals surface area contributed by atoms with Crippen molar-refractivity contribution < 1.29 is 9.53 Å². The van der Waals surface area contributed by atoms with E-state index in [1.165, 1.54) is 11.3 Å². The lowest BCUT2D eigenvalue weighted by Gasteiger charge is -2.05. The molecule has 0 spiro atoms. The van der Waals surface area contributed by atoms with E-state index in [4.69, 9.17) is 4.74 Å². The van der Waals surface area contributed by atoms with Crippen molar-refractivity contribution in [3.8, 4) is 5.75 Å². The summed E-state index contributed by atoms with van der Waals surface area (Å²) in [6, 6.07) is 7.62. The Hall–Kier alpha value is -2.06. The van der Waals surface area contributed by atoms with E-state index in [9.17, 15) is 4.79 Å². The van der Waals surface area contributed by atoms with E-state index in [1.54, 1.807) is 35.8 Å². The first kappa shape index (κ1) is 17.8. The van der Waals surface area contributed by atoms with Gasteiger partial charge in [-0.15, -0.1) is 0 Å². The summed E-state index contributed by atoms with van der Waals surface area (Å²) < 4.78 is 10.2. The molecule has 2 heterocycles. The Morgan fingerprint density at radius 3 is 2.92 bits per heavy atom. The molecule has 1 aromatic carbocycles. The number of thiazole rings is 1. The average molecular weight is 377 g/mol. The minimum absolute atomic E-state index is 0.316. The van der Waals surface area contributed by atoms with Gasteiger partial charge in [-0.25, -0.2) is 0 Å². The van der Waals surface area contributed by atoms with Crippen LogP contribution in [0.1, 0.15) is 17.4 Å². The van der Waals surface area contributed by atoms with E-state index in [0.29, 0.717) is 10.5 Å². The lowest BCUT2D eigenvalue weighted by atomic mass is 10.3. The van der Waals surface area contributed by atoms with Crippen LogP contribution in [0.3, 0.4) is 0 Å². The van der Waals surface area contributed by atoms with Crippen molar-refractivity contribution in [2.45, 2.75) is 20.0 Å². The van der Waals surface area contributed by atoms with Crippen LogP contribution in [-0.4, -0.2) is 39.4 Å². The molecule has 0 unspecified atom stereocenters. The van der Waals surface area contributed by atoms with Gasteiger partial charge in [-0.2, -0.15) is 21.9 Å². The number of hydrogen-bond donors (Lipinski definition) is 0. The molecule has 2 aromatic heterocycles. The first-order valence-electron chi connectivity index (χ1n) is 7.95. The minimum Gasteiger partial charge on any atom is -0.497 e. The predicted molar refractivity (Wildman–Crippen MR) is 103 cm³/mol. The molecule has 0 saturated heterocycles. The van der Waals surface area contributed by atoms with Crippen LogP contribution < -0.4 is 9.54 Å². The van der Waals surface area contributed by atoms with Crippen molar-refractivity contribution in [3.63, 3.8) is 0 Å². The maximum absolute atomic E-state index is 12.5. The summed E-state index contributed by atoms with van der Waals surface area (Å²) in [7, 11) is 1.65. The number of rotatable bonds is 6. The maximum atomic E-state index is 12.5. The number of carbonyl (C=O) groups excluding carboxylic acids is 1. The van der Waals surface area contributed by atoms with E-state index in [1.807, 2.05) is 25.1 Å². The van der Waals surface area contributed by atoms with Crippen molar-refractivity contribution in [1.29, 1.82) is 0 Å². The number of aromatic nitrogens is 3. The molecule has 3 rings (SSSR count). The topological polar surface area (TPSA) is 61.4 Å². The summed E-state index contributed by atoms with van der Waals surface area (Å²) in [6.45, 7) is 3.49. The van der Waals surface area contributed by atoms with Crippen molar-refractivity contribution in [2.75, 3.05) is 19.1 Å². The SMILES string of the molecule is CCn1ccc(C(=O)N=c2sc3ccc(OC)cc3n2CCSC)n1. The molecule has 0 bridgehead atoms. The Morgan fingerprint density at radius 1 is 1.40 bits per heavy atom. The Morgan fingerprint density at radius 2 is 2.24 bits per heavy atom. The Bertz CT molecular complexity index is 955. The van der Waals surface area contributed by atoms with E-state index < -0.39 is 0 Å². The van der Waals surface area contributed by atoms with Gasteiger partial charge in [0.1, 0.15) is 5.75 Å². The highest BCUT2D eigenvalue weighted by Gasteiger charge is 2.12. The number of nitrogens with zero attached hydrogens (tertiary/aromatic N) is 4. The van der Waals surface area contributed by atoms with Gasteiger partial charge in [0.05, 0.1) is 17.3 Å². The van der Waals surface area contributed by atoms with Crippen molar-refractivity contribution in [3.05, 3.63) is 41.0 Å². The molecule has 3 aromatic rings. The Kier molecular flexibility index (Phi) is 5.60. The van der Waals surface area contributed by atoms with Gasteiger partial charge in [-0.1, -0.05) is 11.3 Å². The van der Waals surface area contributed by atoms with Gasteiger partial charge in [0.15, 0.2) is 10.5 Å². The van der Waals surface area contributed by atoms with Crippen LogP contribution in [0.15, 0.2) is 35.5 Å². The summed E-state index contributed by atoms with van der Waals surface area (Å²) in [5.41, 5.74) is 1.40. The van der Waals surface area contributed by atoms with Gasteiger partial charge in [0.2, 0.25) is 0 Å². The second kappa shape index (κ2) is 7.88. The van der Waals surface area contributed by atoms with Gasteiger partial charge in [-0.3, -0.25) is 9.48 Å². The number of carbonyl (C=O) groups is 1. The highest BCUT2D eigenvalue weighted by atomic mass is 32.2. The highest BCUT2D eigenvalue weighted by Crippen LogP contribution is 2.23. The second-order valence-corrected chi connectivity index (χ2v) is 7.33.